The van der Waals surface area contributed by atoms with Crippen LogP contribution in [0.25, 0.3) is 5.57 Å². The van der Waals surface area contributed by atoms with Crippen molar-refractivity contribution >= 4 is 99.7 Å². The molecule has 0 unspecified atom stereocenters. The lowest BCUT2D eigenvalue weighted by Crippen LogP contribution is -1.87. The van der Waals surface area contributed by atoms with Crippen LogP contribution >= 0.6 is 94.1 Å². The van der Waals surface area contributed by atoms with E-state index in [-0.39, 0.29) is 0 Å². The van der Waals surface area contributed by atoms with Gasteiger partial charge in [-0.05, 0) is 80.0 Å². The van der Waals surface area contributed by atoms with Gasteiger partial charge in [-0.1, -0.05) is 160 Å². The Hall–Kier alpha value is -1.62. The molecule has 222 valence electrons. The Labute approximate surface area is 299 Å². The number of rotatable bonds is 4. The van der Waals surface area contributed by atoms with E-state index in [0.717, 1.165) is 0 Å². The molecular formula is C37H26S8. The Morgan fingerprint density at radius 2 is 0.822 bits per heavy atom. The first-order valence-corrected chi connectivity index (χ1v) is 20.9. The van der Waals surface area contributed by atoms with Gasteiger partial charge in [0, 0.05) is 44.8 Å². The Morgan fingerprint density at radius 1 is 0.444 bits per heavy atom. The third kappa shape index (κ3) is 6.22. The van der Waals surface area contributed by atoms with E-state index in [9.17, 15) is 0 Å². The molecule has 45 heavy (non-hydrogen) atoms. The molecule has 0 fully saturated rings. The third-order valence-electron chi connectivity index (χ3n) is 7.51. The summed E-state index contributed by atoms with van der Waals surface area (Å²) in [5.41, 5.74) is 6.61. The minimum atomic E-state index is 1.27. The van der Waals surface area contributed by atoms with Gasteiger partial charge in [0.25, 0.3) is 0 Å². The number of thioether (sulfide) groups is 8. The molecule has 4 aliphatic rings. The number of allylic oxidation sites excluding steroid dienone is 4. The summed E-state index contributed by atoms with van der Waals surface area (Å²) >= 11 is 15.4. The molecule has 8 heteroatoms. The highest BCUT2D eigenvalue weighted by Gasteiger charge is 2.32. The quantitative estimate of drug-likeness (QED) is 0.201. The smallest absolute Gasteiger partial charge is 0.0578 e. The van der Waals surface area contributed by atoms with Gasteiger partial charge in [0.2, 0.25) is 0 Å². The predicted molar refractivity (Wildman–Crippen MR) is 208 cm³/mol. The minimum Gasteiger partial charge on any atom is -0.0815 e. The zero-order valence-electron chi connectivity index (χ0n) is 24.6. The van der Waals surface area contributed by atoms with E-state index in [1.54, 1.807) is 0 Å². The van der Waals surface area contributed by atoms with Crippen molar-refractivity contribution in [3.8, 4) is 0 Å². The van der Waals surface area contributed by atoms with Crippen molar-refractivity contribution in [3.63, 3.8) is 0 Å². The predicted octanol–water partition coefficient (Wildman–Crippen LogP) is 14.4. The van der Waals surface area contributed by atoms with Gasteiger partial charge >= 0.3 is 0 Å². The summed E-state index contributed by atoms with van der Waals surface area (Å²) in [6.07, 6.45) is 2.44. The van der Waals surface area contributed by atoms with Crippen LogP contribution in [0.4, 0.5) is 0 Å². The normalized spacial score (nSPS) is 16.7. The van der Waals surface area contributed by atoms with Crippen molar-refractivity contribution in [1.82, 2.24) is 0 Å². The van der Waals surface area contributed by atoms with Crippen molar-refractivity contribution in [2.75, 3.05) is 0 Å². The van der Waals surface area contributed by atoms with Crippen LogP contribution in [-0.4, -0.2) is 0 Å². The number of hydrogen-bond acceptors (Lipinski definition) is 8. The number of aryl methyl sites for hydroxylation is 1. The Bertz CT molecular complexity index is 1860. The standard InChI is InChI=1S/C37H26S8/c1-21-16-18-24(19-17-21)25(20-32-38-26-10-4-5-11-27(26)39-32)37-44-33(22(2)35-40-28-12-6-7-13-29(28)41-35)34(45-37)23(3)36-42-30-14-8-9-15-31(30)43-36/h4-20H,1-3H3. The second-order valence-electron chi connectivity index (χ2n) is 10.7. The van der Waals surface area contributed by atoms with Crippen LogP contribution < -0.4 is 0 Å². The summed E-state index contributed by atoms with van der Waals surface area (Å²) in [6.45, 7) is 6.83. The summed E-state index contributed by atoms with van der Waals surface area (Å²) in [7, 11) is 0. The van der Waals surface area contributed by atoms with E-state index >= 15 is 0 Å². The van der Waals surface area contributed by atoms with Crippen molar-refractivity contribution in [1.29, 1.82) is 0 Å². The molecule has 4 heterocycles. The molecular weight excluding hydrogens is 701 g/mol. The summed E-state index contributed by atoms with van der Waals surface area (Å²) in [4.78, 5) is 10.9. The molecule has 0 aliphatic carbocycles. The maximum Gasteiger partial charge on any atom is 0.0578 e. The minimum absolute atomic E-state index is 1.27. The van der Waals surface area contributed by atoms with Crippen LogP contribution in [0.1, 0.15) is 25.0 Å². The average molecular weight is 727 g/mol. The molecule has 0 N–H and O–H groups in total. The highest BCUT2D eigenvalue weighted by molar-refractivity contribution is 8.29. The van der Waals surface area contributed by atoms with Gasteiger partial charge in [-0.15, -0.1) is 0 Å². The number of benzene rings is 4. The van der Waals surface area contributed by atoms with E-state index in [0.29, 0.717) is 0 Å². The van der Waals surface area contributed by atoms with Crippen molar-refractivity contribution < 1.29 is 0 Å². The fourth-order valence-electron chi connectivity index (χ4n) is 5.10. The fourth-order valence-corrected chi connectivity index (χ4v) is 15.6. The van der Waals surface area contributed by atoms with Crippen LogP contribution in [-0.2, 0) is 0 Å². The maximum absolute atomic E-state index is 2.44. The molecule has 0 nitrogen and oxygen atoms in total. The first kappa shape index (κ1) is 30.7. The van der Waals surface area contributed by atoms with E-state index in [4.69, 9.17) is 0 Å². The Morgan fingerprint density at radius 3 is 1.22 bits per heavy atom. The zero-order valence-corrected chi connectivity index (χ0v) is 31.1. The monoisotopic (exact) mass is 726 g/mol. The van der Waals surface area contributed by atoms with Gasteiger partial charge in [0.05, 0.1) is 16.9 Å². The summed E-state index contributed by atoms with van der Waals surface area (Å²) in [5, 5.41) is 0. The molecule has 8 rings (SSSR count). The number of hydrogen-bond donors (Lipinski definition) is 0. The van der Waals surface area contributed by atoms with Gasteiger partial charge in [0.15, 0.2) is 0 Å². The molecule has 0 radical (unpaired) electrons. The average Bonchev–Trinajstić information content (AvgIpc) is 3.87. The Kier molecular flexibility index (Phi) is 8.95. The van der Waals surface area contributed by atoms with E-state index < -0.39 is 0 Å². The summed E-state index contributed by atoms with van der Waals surface area (Å²) < 4.78 is 5.46. The molecule has 4 aliphatic heterocycles. The fraction of sp³-hybridized carbons (Fsp3) is 0.0811. The van der Waals surface area contributed by atoms with Gasteiger partial charge in [-0.3, -0.25) is 0 Å². The van der Waals surface area contributed by atoms with Crippen molar-refractivity contribution in [3.05, 3.63) is 152 Å². The first-order valence-electron chi connectivity index (χ1n) is 14.4. The SMILES string of the molecule is CC(=C1Sc2ccccc2S1)C1=C(C(C)=C2Sc3ccccc3S2)SC(=C(C=C2Sc3ccccc3S2)c2ccc(C)cc2)S1. The van der Waals surface area contributed by atoms with Crippen molar-refractivity contribution in [2.24, 2.45) is 0 Å². The Balaban J connectivity index is 1.24. The lowest BCUT2D eigenvalue weighted by molar-refractivity contribution is 1.27. The molecule has 0 atom stereocenters. The third-order valence-corrected chi connectivity index (χ3v) is 18.3. The summed E-state index contributed by atoms with van der Waals surface area (Å²) in [5.74, 6) is 0. The van der Waals surface area contributed by atoms with Gasteiger partial charge in [0.1, 0.15) is 0 Å². The van der Waals surface area contributed by atoms with Crippen LogP contribution in [0.15, 0.2) is 170 Å². The van der Waals surface area contributed by atoms with Crippen LogP contribution in [0.3, 0.4) is 0 Å². The molecule has 0 spiro atoms. The topological polar surface area (TPSA) is 0 Å². The van der Waals surface area contributed by atoms with Gasteiger partial charge < -0.3 is 0 Å². The van der Waals surface area contributed by atoms with Crippen LogP contribution in [0, 0.1) is 6.92 Å². The molecule has 0 amide bonds. The van der Waals surface area contributed by atoms with Crippen LogP contribution in [0.5, 0.6) is 0 Å². The van der Waals surface area contributed by atoms with E-state index in [1.807, 2.05) is 94.1 Å². The first-order chi connectivity index (χ1) is 22.0. The van der Waals surface area contributed by atoms with Gasteiger partial charge in [-0.25, -0.2) is 0 Å². The second-order valence-corrected chi connectivity index (χ2v) is 20.1. The highest BCUT2D eigenvalue weighted by atomic mass is 32.2. The largest absolute Gasteiger partial charge is 0.0815 e. The van der Waals surface area contributed by atoms with Gasteiger partial charge in [-0.2, -0.15) is 0 Å². The molecule has 4 aromatic rings. The highest BCUT2D eigenvalue weighted by Crippen LogP contribution is 2.63. The second kappa shape index (κ2) is 13.1. The molecule has 0 saturated carbocycles. The van der Waals surface area contributed by atoms with Crippen molar-refractivity contribution in [2.45, 2.75) is 50.1 Å². The lowest BCUT2D eigenvalue weighted by atomic mass is 10.1. The lowest BCUT2D eigenvalue weighted by Gasteiger charge is -2.10. The summed E-state index contributed by atoms with van der Waals surface area (Å²) in [6, 6.07) is 35.4. The molecule has 0 saturated heterocycles. The maximum atomic E-state index is 2.44. The van der Waals surface area contributed by atoms with E-state index in [1.165, 1.54) is 84.0 Å². The van der Waals surface area contributed by atoms with Crippen LogP contribution in [0.2, 0.25) is 0 Å². The molecule has 0 aromatic heterocycles. The molecule has 4 aromatic carbocycles. The number of fused-ring (bicyclic) bond motifs is 3. The van der Waals surface area contributed by atoms with E-state index in [2.05, 4.69) is 124 Å². The molecule has 0 bridgehead atoms. The zero-order chi connectivity index (χ0) is 30.5.